The number of carbonyl (C=O) groups is 1. The predicted molar refractivity (Wildman–Crippen MR) is 77.3 cm³/mol. The lowest BCUT2D eigenvalue weighted by Gasteiger charge is -2.34. The maximum absolute atomic E-state index is 11.8. The van der Waals surface area contributed by atoms with Crippen LogP contribution in [0.15, 0.2) is 6.07 Å². The molecule has 0 spiro atoms. The van der Waals surface area contributed by atoms with Gasteiger partial charge in [-0.2, -0.15) is 4.98 Å². The number of aromatic nitrogens is 2. The van der Waals surface area contributed by atoms with Gasteiger partial charge in [-0.3, -0.25) is 4.79 Å². The monoisotopic (exact) mass is 295 g/mol. The molecular weight excluding hydrogens is 278 g/mol. The summed E-state index contributed by atoms with van der Waals surface area (Å²) in [4.78, 5) is 21.9. The van der Waals surface area contributed by atoms with Crippen LogP contribution in [0.2, 0.25) is 5.15 Å². The van der Waals surface area contributed by atoms with Gasteiger partial charge in [0, 0.05) is 12.1 Å². The number of halogens is 1. The molecule has 0 bridgehead atoms. The van der Waals surface area contributed by atoms with Crippen LogP contribution >= 0.6 is 11.6 Å². The summed E-state index contributed by atoms with van der Waals surface area (Å²) in [6.45, 7) is 0. The SMILES string of the molecule is NC(=O)C1CC2CCCCC2N1c1cc(Cl)nc(N)n1. The van der Waals surface area contributed by atoms with Crippen LogP contribution in [0.25, 0.3) is 0 Å². The summed E-state index contributed by atoms with van der Waals surface area (Å²) in [7, 11) is 0. The van der Waals surface area contributed by atoms with Crippen molar-refractivity contribution in [3.05, 3.63) is 11.2 Å². The topological polar surface area (TPSA) is 98.1 Å². The second kappa shape index (κ2) is 5.09. The van der Waals surface area contributed by atoms with Gasteiger partial charge in [0.05, 0.1) is 0 Å². The molecule has 1 aliphatic carbocycles. The summed E-state index contributed by atoms with van der Waals surface area (Å²) in [6, 6.07) is 1.63. The lowest BCUT2D eigenvalue weighted by molar-refractivity contribution is -0.119. The number of fused-ring (bicyclic) bond motifs is 1. The largest absolute Gasteiger partial charge is 0.368 e. The van der Waals surface area contributed by atoms with Gasteiger partial charge in [0.15, 0.2) is 0 Å². The van der Waals surface area contributed by atoms with Crippen LogP contribution in [0.1, 0.15) is 32.1 Å². The molecule has 3 unspecified atom stereocenters. The second-order valence-electron chi connectivity index (χ2n) is 5.58. The van der Waals surface area contributed by atoms with E-state index >= 15 is 0 Å². The second-order valence-corrected chi connectivity index (χ2v) is 5.97. The van der Waals surface area contributed by atoms with Gasteiger partial charge in [-0.25, -0.2) is 4.98 Å². The Balaban J connectivity index is 2.00. The van der Waals surface area contributed by atoms with Gasteiger partial charge in [0.25, 0.3) is 0 Å². The minimum Gasteiger partial charge on any atom is -0.368 e. The number of nitrogens with two attached hydrogens (primary N) is 2. The number of primary amides is 1. The number of rotatable bonds is 2. The Hall–Kier alpha value is -1.56. The first-order valence-corrected chi connectivity index (χ1v) is 7.32. The van der Waals surface area contributed by atoms with Gasteiger partial charge < -0.3 is 16.4 Å². The molecular formula is C13H18ClN5O. The molecule has 3 atom stereocenters. The van der Waals surface area contributed by atoms with Crippen molar-refractivity contribution in [1.29, 1.82) is 0 Å². The first kappa shape index (κ1) is 13.4. The van der Waals surface area contributed by atoms with Crippen molar-refractivity contribution in [3.8, 4) is 0 Å². The molecule has 20 heavy (non-hydrogen) atoms. The Morgan fingerprint density at radius 1 is 1.35 bits per heavy atom. The van der Waals surface area contributed by atoms with E-state index in [1.807, 2.05) is 4.90 Å². The molecule has 0 radical (unpaired) electrons. The Kier molecular flexibility index (Phi) is 3.41. The Morgan fingerprint density at radius 2 is 2.10 bits per heavy atom. The van der Waals surface area contributed by atoms with E-state index in [9.17, 15) is 4.79 Å². The molecule has 0 aromatic carbocycles. The molecule has 3 rings (SSSR count). The molecule has 1 aromatic rings. The predicted octanol–water partition coefficient (Wildman–Crippen LogP) is 1.33. The van der Waals surface area contributed by atoms with Crippen LogP contribution in [0.5, 0.6) is 0 Å². The van der Waals surface area contributed by atoms with Crippen LogP contribution in [0.3, 0.4) is 0 Å². The van der Waals surface area contributed by atoms with Crippen molar-refractivity contribution in [1.82, 2.24) is 9.97 Å². The van der Waals surface area contributed by atoms with Crippen LogP contribution in [-0.2, 0) is 4.79 Å². The molecule has 1 amide bonds. The highest BCUT2D eigenvalue weighted by Gasteiger charge is 2.45. The van der Waals surface area contributed by atoms with Gasteiger partial charge >= 0.3 is 0 Å². The van der Waals surface area contributed by atoms with E-state index in [1.165, 1.54) is 6.42 Å². The molecule has 2 fully saturated rings. The third kappa shape index (κ3) is 2.28. The minimum absolute atomic E-state index is 0.120. The highest BCUT2D eigenvalue weighted by atomic mass is 35.5. The first-order valence-electron chi connectivity index (χ1n) is 6.94. The molecule has 7 heteroatoms. The summed E-state index contributed by atoms with van der Waals surface area (Å²) in [5, 5.41) is 0.287. The summed E-state index contributed by atoms with van der Waals surface area (Å²) in [6.07, 6.45) is 5.36. The summed E-state index contributed by atoms with van der Waals surface area (Å²) >= 11 is 5.96. The van der Waals surface area contributed by atoms with Crippen molar-refractivity contribution < 1.29 is 4.79 Å². The maximum atomic E-state index is 11.8. The fraction of sp³-hybridized carbons (Fsp3) is 0.615. The lowest BCUT2D eigenvalue weighted by atomic mass is 9.85. The number of hydrogen-bond acceptors (Lipinski definition) is 5. The molecule has 1 aromatic heterocycles. The molecule has 1 saturated carbocycles. The zero-order valence-corrected chi connectivity index (χ0v) is 11.9. The van der Waals surface area contributed by atoms with E-state index in [0.29, 0.717) is 17.8 Å². The normalized spacial score (nSPS) is 29.2. The Labute approximate surface area is 122 Å². The number of carbonyl (C=O) groups excluding carboxylic acids is 1. The number of nitrogens with zero attached hydrogens (tertiary/aromatic N) is 3. The highest BCUT2D eigenvalue weighted by Crippen LogP contribution is 2.42. The lowest BCUT2D eigenvalue weighted by Crippen LogP contribution is -2.45. The summed E-state index contributed by atoms with van der Waals surface area (Å²) in [5.74, 6) is 0.916. The van der Waals surface area contributed by atoms with E-state index in [-0.39, 0.29) is 23.1 Å². The highest BCUT2D eigenvalue weighted by molar-refractivity contribution is 6.29. The minimum atomic E-state index is -0.325. The summed E-state index contributed by atoms with van der Waals surface area (Å²) < 4.78 is 0. The average Bonchev–Trinajstić information content (AvgIpc) is 2.77. The fourth-order valence-corrected chi connectivity index (χ4v) is 3.78. The van der Waals surface area contributed by atoms with Crippen LogP contribution < -0.4 is 16.4 Å². The van der Waals surface area contributed by atoms with Crippen molar-refractivity contribution in [2.75, 3.05) is 10.6 Å². The fourth-order valence-electron chi connectivity index (χ4n) is 3.60. The molecule has 6 nitrogen and oxygen atoms in total. The van der Waals surface area contributed by atoms with Gasteiger partial charge in [0.2, 0.25) is 11.9 Å². The summed E-state index contributed by atoms with van der Waals surface area (Å²) in [5.41, 5.74) is 11.2. The smallest absolute Gasteiger partial charge is 0.240 e. The third-order valence-corrected chi connectivity index (χ3v) is 4.57. The average molecular weight is 296 g/mol. The third-order valence-electron chi connectivity index (χ3n) is 4.38. The molecule has 2 aliphatic rings. The number of hydrogen-bond donors (Lipinski definition) is 2. The zero-order valence-electron chi connectivity index (χ0n) is 11.1. The van der Waals surface area contributed by atoms with Gasteiger partial charge in [-0.1, -0.05) is 24.4 Å². The Morgan fingerprint density at radius 3 is 2.80 bits per heavy atom. The van der Waals surface area contributed by atoms with Gasteiger partial charge in [-0.05, 0) is 25.2 Å². The quantitative estimate of drug-likeness (QED) is 0.802. The Bertz CT molecular complexity index is 517. The van der Waals surface area contributed by atoms with Crippen molar-refractivity contribution >= 4 is 29.3 Å². The maximum Gasteiger partial charge on any atom is 0.240 e. The zero-order chi connectivity index (χ0) is 14.3. The van der Waals surface area contributed by atoms with E-state index in [4.69, 9.17) is 23.1 Å². The van der Waals surface area contributed by atoms with Crippen molar-refractivity contribution in [3.63, 3.8) is 0 Å². The van der Waals surface area contributed by atoms with Crippen LogP contribution in [0.4, 0.5) is 11.8 Å². The van der Waals surface area contributed by atoms with Crippen molar-refractivity contribution in [2.24, 2.45) is 11.7 Å². The molecule has 1 saturated heterocycles. The van der Waals surface area contributed by atoms with Crippen LogP contribution in [-0.4, -0.2) is 28.0 Å². The van der Waals surface area contributed by atoms with Crippen molar-refractivity contribution in [2.45, 2.75) is 44.2 Å². The van der Waals surface area contributed by atoms with Crippen LogP contribution in [0, 0.1) is 5.92 Å². The molecule has 108 valence electrons. The number of nitrogen functional groups attached to an aromatic ring is 1. The van der Waals surface area contributed by atoms with E-state index in [1.54, 1.807) is 6.07 Å². The molecule has 4 N–H and O–H groups in total. The standard InChI is InChI=1S/C13H18ClN5O/c14-10-6-11(18-13(16)17-10)19-8-4-2-1-3-7(8)5-9(19)12(15)20/h6-9H,1-5H2,(H2,15,20)(H2,16,17,18). The number of amides is 1. The van der Waals surface area contributed by atoms with Gasteiger partial charge in [-0.15, -0.1) is 0 Å². The molecule has 1 aliphatic heterocycles. The molecule has 2 heterocycles. The first-order chi connectivity index (χ1) is 9.56. The number of anilines is 2. The van der Waals surface area contributed by atoms with Gasteiger partial charge in [0.1, 0.15) is 17.0 Å². The van der Waals surface area contributed by atoms with E-state index in [0.717, 1.165) is 25.7 Å². The van der Waals surface area contributed by atoms with E-state index < -0.39 is 0 Å². The van der Waals surface area contributed by atoms with E-state index in [2.05, 4.69) is 9.97 Å².